The van der Waals surface area contributed by atoms with Crippen molar-refractivity contribution in [3.8, 4) is 16.9 Å². The molecule has 10 nitrogen and oxygen atoms in total. The highest BCUT2D eigenvalue weighted by molar-refractivity contribution is 7.19. The van der Waals surface area contributed by atoms with Gasteiger partial charge < -0.3 is 24.4 Å². The molecule has 4 aromatic rings. The molecule has 2 aliphatic heterocycles. The van der Waals surface area contributed by atoms with Gasteiger partial charge in [-0.25, -0.2) is 9.48 Å². The summed E-state index contributed by atoms with van der Waals surface area (Å²) in [5.74, 6) is 0.669. The second kappa shape index (κ2) is 11.4. The number of aliphatic hydroxyl groups excluding tert-OH is 1. The lowest BCUT2D eigenvalue weighted by molar-refractivity contribution is 0.0174. The first-order chi connectivity index (χ1) is 20.5. The largest absolute Gasteiger partial charge is 0.489 e. The van der Waals surface area contributed by atoms with E-state index in [1.807, 2.05) is 52.0 Å². The smallest absolute Gasteiger partial charge is 0.410 e. The average molecular weight is 624 g/mol. The molecule has 2 atom stereocenters. The quantitative estimate of drug-likeness (QED) is 0.327. The van der Waals surface area contributed by atoms with E-state index in [2.05, 4.69) is 15.0 Å². The fourth-order valence-corrected chi connectivity index (χ4v) is 7.15. The minimum atomic E-state index is -0.639. The predicted octanol–water partition coefficient (Wildman–Crippen LogP) is 5.10. The zero-order valence-corrected chi connectivity index (χ0v) is 26.1. The Hall–Kier alpha value is -3.67. The highest BCUT2D eigenvalue weighted by atomic mass is 35.5. The summed E-state index contributed by atoms with van der Waals surface area (Å²) in [6.07, 6.45) is 3.61. The molecule has 43 heavy (non-hydrogen) atoms. The lowest BCUT2D eigenvalue weighted by Gasteiger charge is -2.37. The van der Waals surface area contributed by atoms with Crippen LogP contribution in [0.2, 0.25) is 5.02 Å². The minimum absolute atomic E-state index is 0.0667. The van der Waals surface area contributed by atoms with Gasteiger partial charge in [0.25, 0.3) is 5.56 Å². The molecule has 3 aromatic heterocycles. The number of anilines is 1. The van der Waals surface area contributed by atoms with E-state index in [0.29, 0.717) is 43.4 Å². The number of thiophene rings is 1. The molecule has 0 radical (unpaired) electrons. The van der Waals surface area contributed by atoms with Crippen LogP contribution in [-0.4, -0.2) is 74.9 Å². The summed E-state index contributed by atoms with van der Waals surface area (Å²) in [6, 6.07) is 8.87. The molecule has 1 aromatic carbocycles. The van der Waals surface area contributed by atoms with Gasteiger partial charge in [0.1, 0.15) is 18.0 Å². The number of carbonyl (C=O) groups is 1. The summed E-state index contributed by atoms with van der Waals surface area (Å²) in [7, 11) is 0. The first kappa shape index (κ1) is 29.4. The fourth-order valence-electron chi connectivity index (χ4n) is 5.82. The van der Waals surface area contributed by atoms with Gasteiger partial charge in [-0.05, 0) is 57.9 Å². The highest BCUT2D eigenvalue weighted by Crippen LogP contribution is 2.47. The molecule has 226 valence electrons. The van der Waals surface area contributed by atoms with E-state index in [-0.39, 0.29) is 24.2 Å². The Balaban J connectivity index is 1.38. The van der Waals surface area contributed by atoms with Gasteiger partial charge in [-0.15, -0.1) is 11.3 Å². The summed E-state index contributed by atoms with van der Waals surface area (Å²) >= 11 is 8.21. The number of fused-ring (bicyclic) bond motifs is 2. The first-order valence-electron chi connectivity index (χ1n) is 14.3. The fraction of sp³-hybridized carbons (Fsp3) is 0.419. The molecule has 0 saturated carbocycles. The van der Waals surface area contributed by atoms with E-state index < -0.39 is 11.7 Å². The molecule has 0 spiro atoms. The van der Waals surface area contributed by atoms with Crippen molar-refractivity contribution in [2.75, 3.05) is 31.2 Å². The number of amides is 1. The molecule has 0 aliphatic carbocycles. The second-order valence-corrected chi connectivity index (χ2v) is 13.6. The van der Waals surface area contributed by atoms with Crippen LogP contribution < -0.4 is 15.2 Å². The molecule has 2 aliphatic rings. The van der Waals surface area contributed by atoms with Crippen molar-refractivity contribution >= 4 is 44.9 Å². The zero-order chi connectivity index (χ0) is 30.5. The van der Waals surface area contributed by atoms with E-state index in [4.69, 9.17) is 21.1 Å². The lowest BCUT2D eigenvalue weighted by Crippen LogP contribution is -2.45. The monoisotopic (exact) mass is 623 g/mol. The number of benzene rings is 1. The van der Waals surface area contributed by atoms with Crippen molar-refractivity contribution in [2.24, 2.45) is 0 Å². The number of rotatable bonds is 5. The normalized spacial score (nSPS) is 18.6. The Kier molecular flexibility index (Phi) is 7.82. The van der Waals surface area contributed by atoms with Crippen LogP contribution in [0.15, 0.2) is 47.5 Å². The van der Waals surface area contributed by atoms with Crippen LogP contribution >= 0.6 is 22.9 Å². The van der Waals surface area contributed by atoms with Gasteiger partial charge in [-0.2, -0.15) is 5.10 Å². The van der Waals surface area contributed by atoms with E-state index in [1.165, 1.54) is 4.68 Å². The third kappa shape index (κ3) is 5.93. The molecule has 12 heteroatoms. The third-order valence-electron chi connectivity index (χ3n) is 7.65. The lowest BCUT2D eigenvalue weighted by atomic mass is 9.99. The molecule has 1 fully saturated rings. The van der Waals surface area contributed by atoms with Gasteiger partial charge in [0, 0.05) is 51.9 Å². The van der Waals surface area contributed by atoms with E-state index in [9.17, 15) is 14.7 Å². The molecule has 0 unspecified atom stereocenters. The van der Waals surface area contributed by atoms with Gasteiger partial charge in [-0.1, -0.05) is 11.6 Å². The average Bonchev–Trinajstić information content (AvgIpc) is 3.57. The molecular weight excluding hydrogens is 590 g/mol. The highest BCUT2D eigenvalue weighted by Gasteiger charge is 2.41. The predicted molar refractivity (Wildman–Crippen MR) is 167 cm³/mol. The Morgan fingerprint density at radius 2 is 2.05 bits per heavy atom. The number of pyridine rings is 1. The molecule has 0 bridgehead atoms. The number of nitrogens with zero attached hydrogens (tertiary/aromatic N) is 5. The van der Waals surface area contributed by atoms with Crippen molar-refractivity contribution in [3.63, 3.8) is 0 Å². The maximum absolute atomic E-state index is 13.1. The maximum atomic E-state index is 13.1. The van der Waals surface area contributed by atoms with Crippen LogP contribution in [0.1, 0.15) is 37.6 Å². The number of aromatic nitrogens is 3. The summed E-state index contributed by atoms with van der Waals surface area (Å²) < 4.78 is 14.2. The van der Waals surface area contributed by atoms with Crippen molar-refractivity contribution in [1.29, 1.82) is 0 Å². The third-order valence-corrected chi connectivity index (χ3v) is 9.01. The van der Waals surface area contributed by atoms with Crippen molar-refractivity contribution < 1.29 is 19.4 Å². The van der Waals surface area contributed by atoms with Gasteiger partial charge in [0.15, 0.2) is 0 Å². The Morgan fingerprint density at radius 1 is 1.23 bits per heavy atom. The SMILES string of the molecule is Cc1cnn(Cc2cc3nccc(-c4cc(Cl)cc5c4N([C@H]4C[C@H](CO)N(C(=O)OC(C)(C)C)C4)CCO5)c3s2)c(=O)c1. The zero-order valence-electron chi connectivity index (χ0n) is 24.5. The molecule has 1 N–H and O–H groups in total. The second-order valence-electron chi connectivity index (χ2n) is 12.0. The van der Waals surface area contributed by atoms with Crippen LogP contribution in [0.25, 0.3) is 21.3 Å². The molecular formula is C31H34ClN5O5S. The first-order valence-corrected chi connectivity index (χ1v) is 15.4. The Labute approximate surface area is 258 Å². The summed E-state index contributed by atoms with van der Waals surface area (Å²) in [6.45, 7) is 9.03. The number of aryl methyl sites for hydroxylation is 1. The van der Waals surface area contributed by atoms with Gasteiger partial charge >= 0.3 is 6.09 Å². The number of halogens is 1. The minimum Gasteiger partial charge on any atom is -0.489 e. The van der Waals surface area contributed by atoms with Gasteiger partial charge in [-0.3, -0.25) is 9.78 Å². The summed E-state index contributed by atoms with van der Waals surface area (Å²) in [5, 5.41) is 15.0. The standard InChI is InChI=1S/C31H34ClN5O5S/c1-18-9-27(39)37(34-14-18)16-22-13-25-29(43-22)23(5-6-33-25)24-10-19(32)11-26-28(24)35(7-8-41-26)20-12-21(17-38)36(15-20)30(40)42-31(2,3)4/h5-6,9-11,13-14,20-21,38H,7-8,12,15-17H2,1-4H3/t20-,21+/m0/s1. The summed E-state index contributed by atoms with van der Waals surface area (Å²) in [5.41, 5.74) is 3.57. The number of aliphatic hydroxyl groups is 1. The maximum Gasteiger partial charge on any atom is 0.410 e. The van der Waals surface area contributed by atoms with Crippen LogP contribution in [0.4, 0.5) is 10.5 Å². The van der Waals surface area contributed by atoms with E-state index in [1.54, 1.807) is 34.7 Å². The van der Waals surface area contributed by atoms with Crippen molar-refractivity contribution in [3.05, 3.63) is 68.5 Å². The van der Waals surface area contributed by atoms with E-state index in [0.717, 1.165) is 37.5 Å². The molecule has 5 heterocycles. The Morgan fingerprint density at radius 3 is 2.79 bits per heavy atom. The number of carbonyl (C=O) groups excluding carboxylic acids is 1. The number of likely N-dealkylation sites (tertiary alicyclic amines) is 1. The van der Waals surface area contributed by atoms with Crippen LogP contribution in [0.3, 0.4) is 0 Å². The van der Waals surface area contributed by atoms with E-state index >= 15 is 0 Å². The van der Waals surface area contributed by atoms with Crippen LogP contribution in [0.5, 0.6) is 5.75 Å². The van der Waals surface area contributed by atoms with Crippen LogP contribution in [0, 0.1) is 6.92 Å². The number of hydrogen-bond donors (Lipinski definition) is 1. The van der Waals surface area contributed by atoms with Crippen LogP contribution in [-0.2, 0) is 11.3 Å². The topological polar surface area (TPSA) is 110 Å². The molecule has 1 saturated heterocycles. The molecule has 6 rings (SSSR count). The van der Waals surface area contributed by atoms with Crippen molar-refractivity contribution in [1.82, 2.24) is 19.7 Å². The van der Waals surface area contributed by atoms with Gasteiger partial charge in [0.2, 0.25) is 0 Å². The van der Waals surface area contributed by atoms with Crippen molar-refractivity contribution in [2.45, 2.75) is 58.3 Å². The number of ether oxygens (including phenoxy) is 2. The number of hydrogen-bond acceptors (Lipinski definition) is 9. The Bertz CT molecular complexity index is 1750. The summed E-state index contributed by atoms with van der Waals surface area (Å²) in [4.78, 5) is 35.0. The van der Waals surface area contributed by atoms with Gasteiger partial charge in [0.05, 0.1) is 47.8 Å². The molecule has 1 amide bonds.